The van der Waals surface area contributed by atoms with Crippen molar-refractivity contribution in [2.75, 3.05) is 12.3 Å². The average Bonchev–Trinajstić information content (AvgIpc) is 3.03. The van der Waals surface area contributed by atoms with Crippen LogP contribution in [-0.4, -0.2) is 37.0 Å². The number of rotatable bonds is 3. The maximum atomic E-state index is 9.36. The third-order valence-corrected chi connectivity index (χ3v) is 3.26. The van der Waals surface area contributed by atoms with E-state index in [1.165, 1.54) is 6.20 Å². The van der Waals surface area contributed by atoms with Crippen LogP contribution in [0.25, 0.3) is 21.6 Å². The largest absolute Gasteiger partial charge is 0.393 e. The van der Waals surface area contributed by atoms with Crippen molar-refractivity contribution < 1.29 is 9.84 Å². The van der Waals surface area contributed by atoms with Gasteiger partial charge in [0.05, 0.1) is 19.1 Å². The lowest BCUT2D eigenvalue weighted by molar-refractivity contribution is -0.0925. The average molecular weight is 276 g/mol. The van der Waals surface area contributed by atoms with Crippen molar-refractivity contribution in [3.05, 3.63) is 23.0 Å². The first-order valence-electron chi connectivity index (χ1n) is 5.97. The molecule has 1 saturated heterocycles. The van der Waals surface area contributed by atoms with Gasteiger partial charge in [-0.25, -0.2) is 9.97 Å². The molecule has 0 spiro atoms. The van der Waals surface area contributed by atoms with E-state index in [1.807, 2.05) is 0 Å². The van der Waals surface area contributed by atoms with Gasteiger partial charge in [-0.15, -0.1) is 0 Å². The van der Waals surface area contributed by atoms with E-state index < -0.39 is 12.0 Å². The predicted octanol–water partition coefficient (Wildman–Crippen LogP) is 0.716. The molecule has 3 rings (SSSR count). The van der Waals surface area contributed by atoms with E-state index in [2.05, 4.69) is 25.0 Å². The molecule has 10 heteroatoms. The molecule has 1 aliphatic heterocycles. The number of ether oxygens (including phenoxy) is 1. The first-order chi connectivity index (χ1) is 9.67. The van der Waals surface area contributed by atoms with Gasteiger partial charge in [0.1, 0.15) is 11.7 Å². The predicted molar refractivity (Wildman–Crippen MR) is 68.1 cm³/mol. The maximum absolute atomic E-state index is 9.36. The number of anilines is 1. The molecular formula is C10H12N8O2. The van der Waals surface area contributed by atoms with E-state index in [9.17, 15) is 5.11 Å². The Morgan fingerprint density at radius 2 is 2.50 bits per heavy atom. The van der Waals surface area contributed by atoms with Crippen LogP contribution in [0.3, 0.4) is 0 Å². The summed E-state index contributed by atoms with van der Waals surface area (Å²) in [5, 5.41) is 12.9. The Bertz CT molecular complexity index is 694. The summed E-state index contributed by atoms with van der Waals surface area (Å²) < 4.78 is 7.37. The monoisotopic (exact) mass is 276 g/mol. The molecule has 104 valence electrons. The molecule has 0 amide bonds. The molecule has 10 nitrogen and oxygen atoms in total. The zero-order chi connectivity index (χ0) is 14.2. The standard InChI is InChI=1S/C10H12N8O2/c11-9-13-3-6-8(15-9)18(5-14-6)7-1-2-10(4-19,20-7)16-17-12/h3,5,7,19H,1-2,4H2,(H2,11,13,15)/t7-,10+/m1/s1. The number of hydrogen-bond acceptors (Lipinski definition) is 7. The fraction of sp³-hybridized carbons (Fsp3) is 0.500. The summed E-state index contributed by atoms with van der Waals surface area (Å²) in [5.41, 5.74) is 14.0. The normalized spacial score (nSPS) is 25.8. The van der Waals surface area contributed by atoms with Gasteiger partial charge in [0, 0.05) is 4.91 Å². The minimum Gasteiger partial charge on any atom is -0.393 e. The number of nitrogens with zero attached hydrogens (tertiary/aromatic N) is 7. The highest BCUT2D eigenvalue weighted by Gasteiger charge is 2.40. The highest BCUT2D eigenvalue weighted by Crippen LogP contribution is 2.38. The molecule has 1 aliphatic rings. The lowest BCUT2D eigenvalue weighted by Crippen LogP contribution is -2.30. The van der Waals surface area contributed by atoms with E-state index in [0.717, 1.165) is 0 Å². The lowest BCUT2D eigenvalue weighted by Gasteiger charge is -2.21. The topological polar surface area (TPSA) is 148 Å². The summed E-state index contributed by atoms with van der Waals surface area (Å²) in [7, 11) is 0. The molecular weight excluding hydrogens is 264 g/mol. The van der Waals surface area contributed by atoms with Gasteiger partial charge in [0.2, 0.25) is 5.95 Å². The van der Waals surface area contributed by atoms with Crippen molar-refractivity contribution in [1.82, 2.24) is 19.5 Å². The van der Waals surface area contributed by atoms with Crippen LogP contribution in [0.5, 0.6) is 0 Å². The number of nitrogens with two attached hydrogens (primary N) is 1. The van der Waals surface area contributed by atoms with Gasteiger partial charge in [0.25, 0.3) is 0 Å². The molecule has 0 aliphatic carbocycles. The summed E-state index contributed by atoms with van der Waals surface area (Å²) in [6.45, 7) is -0.378. The van der Waals surface area contributed by atoms with Gasteiger partial charge in [0.15, 0.2) is 11.4 Å². The first kappa shape index (κ1) is 12.6. The lowest BCUT2D eigenvalue weighted by atomic mass is 10.1. The van der Waals surface area contributed by atoms with Crippen LogP contribution in [0.2, 0.25) is 0 Å². The van der Waals surface area contributed by atoms with Crippen LogP contribution in [-0.2, 0) is 4.74 Å². The van der Waals surface area contributed by atoms with Crippen LogP contribution < -0.4 is 5.73 Å². The van der Waals surface area contributed by atoms with E-state index in [-0.39, 0.29) is 12.6 Å². The molecule has 2 aromatic heterocycles. The molecule has 1 fully saturated rings. The molecule has 0 aromatic carbocycles. The first-order valence-corrected chi connectivity index (χ1v) is 5.97. The maximum Gasteiger partial charge on any atom is 0.222 e. The van der Waals surface area contributed by atoms with E-state index >= 15 is 0 Å². The van der Waals surface area contributed by atoms with Gasteiger partial charge in [-0.2, -0.15) is 4.98 Å². The Hall–Kier alpha value is -2.42. The van der Waals surface area contributed by atoms with Crippen LogP contribution in [0, 0.1) is 0 Å². The number of nitrogen functional groups attached to an aromatic ring is 1. The Morgan fingerprint density at radius 1 is 1.65 bits per heavy atom. The summed E-state index contributed by atoms with van der Waals surface area (Å²) in [5.74, 6) is 0.140. The molecule has 3 heterocycles. The number of aliphatic hydroxyl groups is 1. The summed E-state index contributed by atoms with van der Waals surface area (Å²) in [6.07, 6.45) is 3.64. The highest BCUT2D eigenvalue weighted by molar-refractivity contribution is 5.70. The second-order valence-electron chi connectivity index (χ2n) is 4.49. The quantitative estimate of drug-likeness (QED) is 0.479. The minimum atomic E-state index is -1.23. The van der Waals surface area contributed by atoms with E-state index in [0.29, 0.717) is 24.0 Å². The fourth-order valence-electron chi connectivity index (χ4n) is 2.27. The summed E-state index contributed by atoms with van der Waals surface area (Å²) in [4.78, 5) is 14.9. The molecule has 0 radical (unpaired) electrons. The Balaban J connectivity index is 1.97. The molecule has 0 saturated carbocycles. The Kier molecular flexibility index (Phi) is 2.90. The second kappa shape index (κ2) is 4.60. The second-order valence-corrected chi connectivity index (χ2v) is 4.49. The Labute approximate surface area is 112 Å². The van der Waals surface area contributed by atoms with Crippen molar-refractivity contribution in [1.29, 1.82) is 0 Å². The van der Waals surface area contributed by atoms with Crippen molar-refractivity contribution >= 4 is 17.1 Å². The molecule has 2 aromatic rings. The summed E-state index contributed by atoms with van der Waals surface area (Å²) >= 11 is 0. The van der Waals surface area contributed by atoms with Gasteiger partial charge >= 0.3 is 0 Å². The number of aliphatic hydroxyl groups excluding tert-OH is 1. The van der Waals surface area contributed by atoms with Crippen molar-refractivity contribution in [3.8, 4) is 0 Å². The van der Waals surface area contributed by atoms with Crippen molar-refractivity contribution in [2.45, 2.75) is 24.8 Å². The van der Waals surface area contributed by atoms with Crippen LogP contribution in [0.4, 0.5) is 5.95 Å². The molecule has 3 N–H and O–H groups in total. The SMILES string of the molecule is [N-]=[N+]=N[C@@]1(CO)CC[C@H](n2cnc3cnc(N)nc32)O1. The number of fused-ring (bicyclic) bond motifs is 1. The zero-order valence-corrected chi connectivity index (χ0v) is 10.4. The number of imidazole rings is 1. The molecule has 20 heavy (non-hydrogen) atoms. The molecule has 2 atom stereocenters. The zero-order valence-electron chi connectivity index (χ0n) is 10.4. The van der Waals surface area contributed by atoms with E-state index in [4.69, 9.17) is 16.0 Å². The smallest absolute Gasteiger partial charge is 0.222 e. The third-order valence-electron chi connectivity index (χ3n) is 3.26. The number of azide groups is 1. The van der Waals surface area contributed by atoms with Crippen molar-refractivity contribution in [2.24, 2.45) is 5.11 Å². The Morgan fingerprint density at radius 3 is 3.25 bits per heavy atom. The number of aromatic nitrogens is 4. The van der Waals surface area contributed by atoms with Crippen LogP contribution in [0.1, 0.15) is 19.1 Å². The highest BCUT2D eigenvalue weighted by atomic mass is 16.6. The third kappa shape index (κ3) is 1.92. The van der Waals surface area contributed by atoms with E-state index in [1.54, 1.807) is 10.9 Å². The van der Waals surface area contributed by atoms with Crippen LogP contribution >= 0.6 is 0 Å². The van der Waals surface area contributed by atoms with Gasteiger partial charge in [-0.05, 0) is 18.4 Å². The van der Waals surface area contributed by atoms with Crippen molar-refractivity contribution in [3.63, 3.8) is 0 Å². The van der Waals surface area contributed by atoms with Gasteiger partial charge in [-0.1, -0.05) is 5.11 Å². The molecule has 0 bridgehead atoms. The van der Waals surface area contributed by atoms with Gasteiger partial charge < -0.3 is 15.6 Å². The van der Waals surface area contributed by atoms with Gasteiger partial charge in [-0.3, -0.25) is 4.57 Å². The number of hydrogen-bond donors (Lipinski definition) is 2. The molecule has 0 unspecified atom stereocenters. The minimum absolute atomic E-state index is 0.140. The summed E-state index contributed by atoms with van der Waals surface area (Å²) in [6, 6.07) is 0. The van der Waals surface area contributed by atoms with Crippen LogP contribution in [0.15, 0.2) is 17.6 Å². The fourth-order valence-corrected chi connectivity index (χ4v) is 2.27.